The smallest absolute Gasteiger partial charge is 0.265 e. The van der Waals surface area contributed by atoms with E-state index in [1.54, 1.807) is 33.6 Å². The Morgan fingerprint density at radius 2 is 1.94 bits per heavy atom. The van der Waals surface area contributed by atoms with E-state index < -0.39 is 0 Å². The molecule has 33 heavy (non-hydrogen) atoms. The number of hydrogen-bond donors (Lipinski definition) is 1. The van der Waals surface area contributed by atoms with Crippen molar-refractivity contribution in [1.82, 2.24) is 19.3 Å². The first-order valence-corrected chi connectivity index (χ1v) is 11.5. The van der Waals surface area contributed by atoms with Gasteiger partial charge >= 0.3 is 0 Å². The lowest BCUT2D eigenvalue weighted by Crippen LogP contribution is -2.27. The van der Waals surface area contributed by atoms with Crippen LogP contribution in [0.25, 0.3) is 16.7 Å². The summed E-state index contributed by atoms with van der Waals surface area (Å²) in [6.45, 7) is 0.990. The van der Waals surface area contributed by atoms with Crippen LogP contribution in [0.4, 0.5) is 5.69 Å². The number of ether oxygens (including phenoxy) is 2. The Morgan fingerprint density at radius 3 is 2.79 bits per heavy atom. The minimum Gasteiger partial charge on any atom is -0.486 e. The minimum absolute atomic E-state index is 0.161. The highest BCUT2D eigenvalue weighted by molar-refractivity contribution is 7.99. The van der Waals surface area contributed by atoms with Gasteiger partial charge in [0.1, 0.15) is 18.6 Å². The Bertz CT molecular complexity index is 1430. The van der Waals surface area contributed by atoms with E-state index in [0.29, 0.717) is 52.3 Å². The number of benzene rings is 2. The van der Waals surface area contributed by atoms with Crippen molar-refractivity contribution < 1.29 is 14.3 Å². The lowest BCUT2D eigenvalue weighted by Gasteiger charge is -2.19. The zero-order valence-electron chi connectivity index (χ0n) is 17.4. The van der Waals surface area contributed by atoms with Crippen LogP contribution in [0.1, 0.15) is 12.5 Å². The van der Waals surface area contributed by atoms with Gasteiger partial charge in [-0.25, -0.2) is 9.67 Å². The zero-order chi connectivity index (χ0) is 22.4. The van der Waals surface area contributed by atoms with Crippen LogP contribution in [0.3, 0.4) is 0 Å². The fourth-order valence-corrected chi connectivity index (χ4v) is 5.22. The molecule has 0 bridgehead atoms. The molecular weight excluding hydrogens is 442 g/mol. The third kappa shape index (κ3) is 3.52. The molecule has 0 spiro atoms. The van der Waals surface area contributed by atoms with Gasteiger partial charge in [-0.15, -0.1) is 0 Å². The average molecular weight is 462 g/mol. The number of aromatic nitrogens is 4. The molecule has 10 heteroatoms. The first-order valence-electron chi connectivity index (χ1n) is 10.6. The fraction of sp³-hybridized carbons (Fsp3) is 0.217. The summed E-state index contributed by atoms with van der Waals surface area (Å²) in [5.74, 6) is 1.69. The molecule has 1 amide bonds. The molecule has 2 aromatic carbocycles. The van der Waals surface area contributed by atoms with E-state index >= 15 is 0 Å². The van der Waals surface area contributed by atoms with Gasteiger partial charge in [0.25, 0.3) is 5.56 Å². The van der Waals surface area contributed by atoms with Gasteiger partial charge in [0.2, 0.25) is 5.91 Å². The predicted molar refractivity (Wildman–Crippen MR) is 124 cm³/mol. The van der Waals surface area contributed by atoms with Crippen molar-refractivity contribution in [2.75, 3.05) is 24.3 Å². The highest BCUT2D eigenvalue weighted by atomic mass is 32.2. The van der Waals surface area contributed by atoms with E-state index in [-0.39, 0.29) is 23.9 Å². The van der Waals surface area contributed by atoms with E-state index in [2.05, 4.69) is 10.4 Å². The average Bonchev–Trinajstić information content (AvgIpc) is 3.44. The van der Waals surface area contributed by atoms with Crippen LogP contribution >= 0.6 is 11.8 Å². The van der Waals surface area contributed by atoms with Crippen LogP contribution < -0.4 is 20.3 Å². The van der Waals surface area contributed by atoms with Gasteiger partial charge in [0.05, 0.1) is 17.9 Å². The maximum absolute atomic E-state index is 13.3. The Kier molecular flexibility index (Phi) is 4.79. The molecule has 1 atom stereocenters. The summed E-state index contributed by atoms with van der Waals surface area (Å²) in [4.78, 5) is 30.7. The topological polar surface area (TPSA) is 100 Å². The summed E-state index contributed by atoms with van der Waals surface area (Å²) in [6, 6.07) is 14.6. The van der Waals surface area contributed by atoms with Gasteiger partial charge in [-0.05, 0) is 24.3 Å². The van der Waals surface area contributed by atoms with Crippen molar-refractivity contribution in [3.8, 4) is 17.2 Å². The molecule has 0 saturated heterocycles. The number of carbonyl (C=O) groups is 1. The monoisotopic (exact) mass is 461 g/mol. The summed E-state index contributed by atoms with van der Waals surface area (Å²) >= 11 is 1.47. The van der Waals surface area contributed by atoms with Crippen LogP contribution in [0.2, 0.25) is 0 Å². The highest BCUT2D eigenvalue weighted by Crippen LogP contribution is 2.35. The standard InChI is InChI=1S/C23H19N5O4S/c29-20(25-14-6-7-18-19(10-14)32-9-8-31-18)11-16-13-33-23-26-21-17(22(30)27(16)23)12-24-28(21)15-4-2-1-3-5-15/h1-7,10,12,16H,8-9,11,13H2,(H,25,29). The number of hydrogen-bond acceptors (Lipinski definition) is 7. The third-order valence-electron chi connectivity index (χ3n) is 5.62. The van der Waals surface area contributed by atoms with Crippen LogP contribution in [0.5, 0.6) is 11.5 Å². The fourth-order valence-electron chi connectivity index (χ4n) is 4.09. The number of fused-ring (bicyclic) bond motifs is 3. The zero-order valence-corrected chi connectivity index (χ0v) is 18.2. The number of nitrogens with zero attached hydrogens (tertiary/aromatic N) is 4. The number of amides is 1. The van der Waals surface area contributed by atoms with Gasteiger partial charge < -0.3 is 14.8 Å². The first kappa shape index (κ1) is 19.9. The maximum atomic E-state index is 13.3. The second kappa shape index (κ2) is 7.96. The van der Waals surface area contributed by atoms with Gasteiger partial charge in [-0.3, -0.25) is 14.2 Å². The minimum atomic E-state index is -0.285. The summed E-state index contributed by atoms with van der Waals surface area (Å²) in [6.07, 6.45) is 1.70. The predicted octanol–water partition coefficient (Wildman–Crippen LogP) is 3.03. The van der Waals surface area contributed by atoms with E-state index in [1.165, 1.54) is 11.8 Å². The molecule has 9 nitrogen and oxygen atoms in total. The van der Waals surface area contributed by atoms with Crippen molar-refractivity contribution in [3.63, 3.8) is 0 Å². The molecule has 2 aromatic heterocycles. The number of nitrogens with one attached hydrogen (secondary N) is 1. The molecule has 0 saturated carbocycles. The molecule has 1 N–H and O–H groups in total. The molecule has 1 unspecified atom stereocenters. The second-order valence-electron chi connectivity index (χ2n) is 7.77. The Labute approximate surface area is 192 Å². The highest BCUT2D eigenvalue weighted by Gasteiger charge is 2.29. The number of carbonyl (C=O) groups excluding carboxylic acids is 1. The summed E-state index contributed by atoms with van der Waals surface area (Å²) in [5.41, 5.74) is 1.80. The van der Waals surface area contributed by atoms with E-state index in [1.807, 2.05) is 30.3 Å². The summed E-state index contributed by atoms with van der Waals surface area (Å²) in [5, 5.41) is 8.30. The molecule has 4 heterocycles. The molecule has 4 aromatic rings. The number of para-hydroxylation sites is 1. The van der Waals surface area contributed by atoms with Crippen molar-refractivity contribution in [2.45, 2.75) is 17.6 Å². The molecule has 0 aliphatic carbocycles. The molecular formula is C23H19N5O4S. The van der Waals surface area contributed by atoms with Crippen molar-refractivity contribution >= 4 is 34.4 Å². The lowest BCUT2D eigenvalue weighted by molar-refractivity contribution is -0.116. The van der Waals surface area contributed by atoms with Gasteiger partial charge in [0, 0.05) is 23.9 Å². The van der Waals surface area contributed by atoms with Crippen molar-refractivity contribution in [3.05, 3.63) is 65.1 Å². The molecule has 166 valence electrons. The van der Waals surface area contributed by atoms with Gasteiger partial charge in [0.15, 0.2) is 22.3 Å². The number of rotatable bonds is 4. The summed E-state index contributed by atoms with van der Waals surface area (Å²) in [7, 11) is 0. The molecule has 2 aliphatic heterocycles. The Balaban J connectivity index is 1.25. The Morgan fingerprint density at radius 1 is 1.12 bits per heavy atom. The second-order valence-corrected chi connectivity index (χ2v) is 8.76. The van der Waals surface area contributed by atoms with Gasteiger partial charge in [-0.1, -0.05) is 30.0 Å². The molecule has 6 rings (SSSR count). The van der Waals surface area contributed by atoms with Crippen molar-refractivity contribution in [2.24, 2.45) is 0 Å². The van der Waals surface area contributed by atoms with Crippen molar-refractivity contribution in [1.29, 1.82) is 0 Å². The van der Waals surface area contributed by atoms with Crippen LogP contribution in [-0.2, 0) is 4.79 Å². The number of anilines is 1. The normalized spacial score (nSPS) is 16.5. The Hall–Kier alpha value is -3.79. The largest absolute Gasteiger partial charge is 0.486 e. The molecule has 2 aliphatic rings. The molecule has 0 fully saturated rings. The number of thioether (sulfide) groups is 1. The first-order chi connectivity index (χ1) is 16.2. The van der Waals surface area contributed by atoms with Crippen LogP contribution in [0, 0.1) is 0 Å². The lowest BCUT2D eigenvalue weighted by atomic mass is 10.2. The quantitative estimate of drug-likeness (QED) is 0.466. The van der Waals surface area contributed by atoms with E-state index in [0.717, 1.165) is 5.69 Å². The maximum Gasteiger partial charge on any atom is 0.265 e. The van der Waals surface area contributed by atoms with E-state index in [4.69, 9.17) is 14.5 Å². The summed E-state index contributed by atoms with van der Waals surface area (Å²) < 4.78 is 14.4. The third-order valence-corrected chi connectivity index (χ3v) is 6.72. The van der Waals surface area contributed by atoms with E-state index in [9.17, 15) is 9.59 Å². The van der Waals surface area contributed by atoms with Gasteiger partial charge in [-0.2, -0.15) is 5.10 Å². The molecule has 0 radical (unpaired) electrons. The van der Waals surface area contributed by atoms with Crippen LogP contribution in [-0.4, -0.2) is 44.2 Å². The SMILES string of the molecule is O=C(CC1CSc2nc3c(cnn3-c3ccccc3)c(=O)n21)Nc1ccc2c(c1)OCCO2. The van der Waals surface area contributed by atoms with Crippen LogP contribution in [0.15, 0.2) is 64.7 Å².